The summed E-state index contributed by atoms with van der Waals surface area (Å²) in [4.78, 5) is 0. The van der Waals surface area contributed by atoms with Crippen LogP contribution in [0.4, 0.5) is 0 Å². The lowest BCUT2D eigenvalue weighted by Crippen LogP contribution is -2.38. The van der Waals surface area contributed by atoms with Gasteiger partial charge in [0.1, 0.15) is 29.8 Å². The van der Waals surface area contributed by atoms with Crippen molar-refractivity contribution in [1.29, 1.82) is 0 Å². The molecule has 0 unspecified atom stereocenters. The summed E-state index contributed by atoms with van der Waals surface area (Å²) in [5, 5.41) is 9.55. The Kier molecular flexibility index (Phi) is 4.98. The minimum Gasteiger partial charge on any atom is -0.496 e. The van der Waals surface area contributed by atoms with E-state index in [4.69, 9.17) is 28.4 Å². The average Bonchev–Trinajstić information content (AvgIpc) is 3.03. The maximum Gasteiger partial charge on any atom is 0.190 e. The molecule has 2 fully saturated rings. The maximum atomic E-state index is 9.55. The Morgan fingerprint density at radius 3 is 2.38 bits per heavy atom. The summed E-state index contributed by atoms with van der Waals surface area (Å²) >= 11 is 0. The van der Waals surface area contributed by atoms with Crippen LogP contribution in [0, 0.1) is 0 Å². The molecule has 1 aromatic rings. The van der Waals surface area contributed by atoms with Crippen molar-refractivity contribution in [3.63, 3.8) is 0 Å². The third-order valence-corrected chi connectivity index (χ3v) is 4.22. The van der Waals surface area contributed by atoms with Gasteiger partial charge in [-0.15, -0.1) is 0 Å². The summed E-state index contributed by atoms with van der Waals surface area (Å²) in [7, 11) is 3.19. The average molecular weight is 340 g/mol. The van der Waals surface area contributed by atoms with Crippen LogP contribution in [0.2, 0.25) is 0 Å². The van der Waals surface area contributed by atoms with Crippen molar-refractivity contribution >= 4 is 0 Å². The second kappa shape index (κ2) is 6.85. The van der Waals surface area contributed by atoms with E-state index in [2.05, 4.69) is 0 Å². The smallest absolute Gasteiger partial charge is 0.190 e. The Bertz CT molecular complexity index is 552. The van der Waals surface area contributed by atoms with Crippen molar-refractivity contribution in [1.82, 2.24) is 0 Å². The summed E-state index contributed by atoms with van der Waals surface area (Å²) in [6, 6.07) is 5.54. The van der Waals surface area contributed by atoms with E-state index in [0.29, 0.717) is 11.5 Å². The molecule has 4 atom stereocenters. The van der Waals surface area contributed by atoms with Crippen LogP contribution in [0.1, 0.15) is 19.4 Å². The summed E-state index contributed by atoms with van der Waals surface area (Å²) in [5.74, 6) is 0.614. The molecule has 3 rings (SSSR count). The number of hydrogen-bond acceptors (Lipinski definition) is 7. The van der Waals surface area contributed by atoms with Crippen molar-refractivity contribution < 1.29 is 33.5 Å². The largest absolute Gasteiger partial charge is 0.496 e. The van der Waals surface area contributed by atoms with E-state index in [1.807, 2.05) is 32.0 Å². The molecule has 0 spiro atoms. The number of benzene rings is 1. The van der Waals surface area contributed by atoms with Gasteiger partial charge in [-0.1, -0.05) is 6.07 Å². The van der Waals surface area contributed by atoms with E-state index >= 15 is 0 Å². The van der Waals surface area contributed by atoms with Crippen molar-refractivity contribution in [2.45, 2.75) is 50.8 Å². The molecular weight excluding hydrogens is 316 g/mol. The molecule has 2 aliphatic heterocycles. The minimum absolute atomic E-state index is 0.173. The van der Waals surface area contributed by atoms with Crippen molar-refractivity contribution in [3.8, 4) is 11.5 Å². The number of fused-ring (bicyclic) bond motifs is 1. The molecule has 1 aromatic carbocycles. The van der Waals surface area contributed by atoms with Crippen molar-refractivity contribution in [3.05, 3.63) is 23.8 Å². The molecular formula is C17H24O7. The van der Waals surface area contributed by atoms with Crippen LogP contribution in [-0.4, -0.2) is 56.3 Å². The fourth-order valence-corrected chi connectivity index (χ4v) is 3.15. The zero-order valence-corrected chi connectivity index (χ0v) is 14.4. The van der Waals surface area contributed by atoms with E-state index in [9.17, 15) is 5.11 Å². The maximum absolute atomic E-state index is 9.55. The summed E-state index contributed by atoms with van der Waals surface area (Å²) in [5.41, 5.74) is 0.792. The van der Waals surface area contributed by atoms with Gasteiger partial charge in [-0.05, 0) is 26.0 Å². The first-order valence-corrected chi connectivity index (χ1v) is 7.92. The highest BCUT2D eigenvalue weighted by atomic mass is 16.8. The lowest BCUT2D eigenvalue weighted by molar-refractivity contribution is -0.222. The fourth-order valence-electron chi connectivity index (χ4n) is 3.15. The first-order valence-electron chi connectivity index (χ1n) is 7.92. The van der Waals surface area contributed by atoms with Gasteiger partial charge in [0.05, 0.1) is 33.0 Å². The van der Waals surface area contributed by atoms with Gasteiger partial charge in [-0.2, -0.15) is 0 Å². The number of aliphatic hydroxyl groups is 1. The van der Waals surface area contributed by atoms with Crippen molar-refractivity contribution in [2.24, 2.45) is 0 Å². The first-order chi connectivity index (χ1) is 11.5. The first kappa shape index (κ1) is 17.4. The van der Waals surface area contributed by atoms with Crippen LogP contribution in [0.5, 0.6) is 11.5 Å². The van der Waals surface area contributed by atoms with E-state index in [0.717, 1.165) is 5.56 Å². The van der Waals surface area contributed by atoms with E-state index < -0.39 is 30.4 Å². The number of aliphatic hydroxyl groups excluding tert-OH is 1. The highest BCUT2D eigenvalue weighted by Gasteiger charge is 2.55. The Morgan fingerprint density at radius 2 is 1.79 bits per heavy atom. The van der Waals surface area contributed by atoms with Crippen LogP contribution >= 0.6 is 0 Å². The predicted molar refractivity (Wildman–Crippen MR) is 83.9 cm³/mol. The predicted octanol–water partition coefficient (Wildman–Crippen LogP) is 1.46. The van der Waals surface area contributed by atoms with E-state index in [1.54, 1.807) is 14.2 Å². The SMILES string of the molecule is COc1cccc(OC)c1CO[C@@H]1[C@H]2OC(C)(C)O[C@H]2O[C@@H]1CO. The summed E-state index contributed by atoms with van der Waals surface area (Å²) in [6.45, 7) is 3.71. The zero-order chi connectivity index (χ0) is 17.3. The van der Waals surface area contributed by atoms with Gasteiger partial charge in [0.25, 0.3) is 0 Å². The van der Waals surface area contributed by atoms with Crippen LogP contribution in [0.25, 0.3) is 0 Å². The molecule has 0 aromatic heterocycles. The van der Waals surface area contributed by atoms with Gasteiger partial charge >= 0.3 is 0 Å². The standard InChI is InChI=1S/C17H24O7/c1-17(2)23-15-14(13(8-18)22-16(15)24-17)21-9-10-11(19-3)6-5-7-12(10)20-4/h5-7,13-16,18H,8-9H2,1-4H3/t13-,14+,15-,16-/m1/s1. The highest BCUT2D eigenvalue weighted by molar-refractivity contribution is 5.44. The molecule has 7 nitrogen and oxygen atoms in total. The molecule has 2 aliphatic rings. The van der Waals surface area contributed by atoms with Crippen LogP contribution in [0.3, 0.4) is 0 Å². The Balaban J connectivity index is 1.76. The Morgan fingerprint density at radius 1 is 1.12 bits per heavy atom. The topological polar surface area (TPSA) is 75.6 Å². The molecule has 7 heteroatoms. The summed E-state index contributed by atoms with van der Waals surface area (Å²) < 4.78 is 34.1. The van der Waals surface area contributed by atoms with Crippen molar-refractivity contribution in [2.75, 3.05) is 20.8 Å². The molecule has 0 aliphatic carbocycles. The minimum atomic E-state index is -0.737. The van der Waals surface area contributed by atoms with Gasteiger partial charge in [0.15, 0.2) is 12.1 Å². The van der Waals surface area contributed by atoms with Crippen LogP contribution in [-0.2, 0) is 25.6 Å². The van der Waals surface area contributed by atoms with Gasteiger partial charge in [0.2, 0.25) is 0 Å². The third kappa shape index (κ3) is 3.22. The number of rotatable bonds is 6. The molecule has 0 bridgehead atoms. The highest BCUT2D eigenvalue weighted by Crippen LogP contribution is 2.39. The molecule has 0 radical (unpaired) electrons. The van der Waals surface area contributed by atoms with E-state index in [1.165, 1.54) is 0 Å². The zero-order valence-electron chi connectivity index (χ0n) is 14.4. The van der Waals surface area contributed by atoms with Gasteiger partial charge in [-0.25, -0.2) is 0 Å². The lowest BCUT2D eigenvalue weighted by Gasteiger charge is -2.25. The number of ether oxygens (including phenoxy) is 6. The molecule has 0 amide bonds. The van der Waals surface area contributed by atoms with Gasteiger partial charge in [0, 0.05) is 0 Å². The van der Waals surface area contributed by atoms with Gasteiger partial charge in [-0.3, -0.25) is 0 Å². The molecule has 24 heavy (non-hydrogen) atoms. The molecule has 0 saturated carbocycles. The number of hydrogen-bond donors (Lipinski definition) is 1. The molecule has 134 valence electrons. The molecule has 1 N–H and O–H groups in total. The normalized spacial score (nSPS) is 31.0. The second-order valence-electron chi connectivity index (χ2n) is 6.24. The van der Waals surface area contributed by atoms with E-state index in [-0.39, 0.29) is 13.2 Å². The summed E-state index contributed by atoms with van der Waals surface area (Å²) in [6.07, 6.45) is -1.88. The number of methoxy groups -OCH3 is 2. The monoisotopic (exact) mass is 340 g/mol. The second-order valence-corrected chi connectivity index (χ2v) is 6.24. The quantitative estimate of drug-likeness (QED) is 0.840. The lowest BCUT2D eigenvalue weighted by atomic mass is 10.1. The third-order valence-electron chi connectivity index (χ3n) is 4.22. The molecule has 2 heterocycles. The van der Waals surface area contributed by atoms with Crippen LogP contribution < -0.4 is 9.47 Å². The Hall–Kier alpha value is -1.38. The fraction of sp³-hybridized carbons (Fsp3) is 0.647. The van der Waals surface area contributed by atoms with Gasteiger partial charge < -0.3 is 33.5 Å². The van der Waals surface area contributed by atoms with Crippen LogP contribution in [0.15, 0.2) is 18.2 Å². The molecule has 2 saturated heterocycles. The Labute approximate surface area is 141 Å².